The van der Waals surface area contributed by atoms with Crippen LogP contribution in [0.25, 0.3) is 0 Å². The summed E-state index contributed by atoms with van der Waals surface area (Å²) in [6.45, 7) is 5.56. The van der Waals surface area contributed by atoms with Gasteiger partial charge in [0, 0.05) is 24.0 Å². The molecule has 1 saturated heterocycles. The predicted molar refractivity (Wildman–Crippen MR) is 77.3 cm³/mol. The Morgan fingerprint density at radius 1 is 1.21 bits per heavy atom. The fraction of sp³-hybridized carbons (Fsp3) is 0.733. The van der Waals surface area contributed by atoms with Crippen LogP contribution in [-0.2, 0) is 0 Å². The van der Waals surface area contributed by atoms with E-state index in [0.29, 0.717) is 5.54 Å². The number of hydrogen-bond acceptors (Lipinski definition) is 4. The molecule has 1 aliphatic heterocycles. The molecule has 4 nitrogen and oxygen atoms in total. The molecular formula is C15H24N4. The standard InChI is InChI=1S/C15H24N4/c1-13-6-9-16-14(18-13)17-12-15(7-2-3-8-15)19-10-4-5-11-19/h6,9H,2-5,7-8,10-12H2,1H3,(H,16,17,18). The highest BCUT2D eigenvalue weighted by Crippen LogP contribution is 2.37. The molecule has 1 saturated carbocycles. The largest absolute Gasteiger partial charge is 0.352 e. The third kappa shape index (κ3) is 2.73. The topological polar surface area (TPSA) is 41.1 Å². The van der Waals surface area contributed by atoms with Gasteiger partial charge in [0.1, 0.15) is 0 Å². The molecule has 4 heteroatoms. The van der Waals surface area contributed by atoms with Crippen molar-refractivity contribution in [3.05, 3.63) is 18.0 Å². The van der Waals surface area contributed by atoms with Crippen molar-refractivity contribution >= 4 is 5.95 Å². The van der Waals surface area contributed by atoms with Gasteiger partial charge in [0.15, 0.2) is 0 Å². The van der Waals surface area contributed by atoms with E-state index in [9.17, 15) is 0 Å². The minimum Gasteiger partial charge on any atom is -0.352 e. The maximum absolute atomic E-state index is 4.45. The van der Waals surface area contributed by atoms with Crippen LogP contribution in [-0.4, -0.2) is 40.0 Å². The first-order chi connectivity index (χ1) is 9.28. The summed E-state index contributed by atoms with van der Waals surface area (Å²) in [5, 5.41) is 3.48. The van der Waals surface area contributed by atoms with Crippen molar-refractivity contribution in [2.24, 2.45) is 0 Å². The van der Waals surface area contributed by atoms with E-state index >= 15 is 0 Å². The molecule has 0 aromatic carbocycles. The molecule has 1 aromatic heterocycles. The van der Waals surface area contributed by atoms with Gasteiger partial charge in [-0.2, -0.15) is 0 Å². The summed E-state index contributed by atoms with van der Waals surface area (Å²) < 4.78 is 0. The van der Waals surface area contributed by atoms with Crippen LogP contribution < -0.4 is 5.32 Å². The molecule has 19 heavy (non-hydrogen) atoms. The van der Waals surface area contributed by atoms with Gasteiger partial charge in [0.25, 0.3) is 0 Å². The summed E-state index contributed by atoms with van der Waals surface area (Å²) in [7, 11) is 0. The van der Waals surface area contributed by atoms with Crippen molar-refractivity contribution in [3.63, 3.8) is 0 Å². The van der Waals surface area contributed by atoms with Gasteiger partial charge in [-0.3, -0.25) is 4.90 Å². The van der Waals surface area contributed by atoms with E-state index in [2.05, 4.69) is 20.2 Å². The van der Waals surface area contributed by atoms with Crippen LogP contribution in [0.5, 0.6) is 0 Å². The van der Waals surface area contributed by atoms with Crippen LogP contribution in [0.2, 0.25) is 0 Å². The van der Waals surface area contributed by atoms with E-state index < -0.39 is 0 Å². The minimum atomic E-state index is 0.365. The van der Waals surface area contributed by atoms with Crippen LogP contribution in [0.1, 0.15) is 44.2 Å². The second-order valence-electron chi connectivity index (χ2n) is 6.00. The Balaban J connectivity index is 1.68. The second kappa shape index (κ2) is 5.45. The molecule has 2 fully saturated rings. The predicted octanol–water partition coefficient (Wildman–Crippen LogP) is 2.61. The molecule has 0 spiro atoms. The van der Waals surface area contributed by atoms with Gasteiger partial charge in [0.2, 0.25) is 5.95 Å². The lowest BCUT2D eigenvalue weighted by molar-refractivity contribution is 0.135. The number of hydrogen-bond donors (Lipinski definition) is 1. The fourth-order valence-electron chi connectivity index (χ4n) is 3.61. The number of nitrogens with one attached hydrogen (secondary N) is 1. The lowest BCUT2D eigenvalue weighted by atomic mass is 9.95. The lowest BCUT2D eigenvalue weighted by Crippen LogP contribution is -2.50. The monoisotopic (exact) mass is 260 g/mol. The van der Waals surface area contributed by atoms with E-state index in [1.165, 1.54) is 51.6 Å². The molecule has 0 atom stereocenters. The quantitative estimate of drug-likeness (QED) is 0.903. The molecule has 1 aliphatic carbocycles. The van der Waals surface area contributed by atoms with E-state index in [0.717, 1.165) is 18.2 Å². The summed E-state index contributed by atoms with van der Waals surface area (Å²) in [6, 6.07) is 1.94. The molecule has 1 aromatic rings. The molecular weight excluding hydrogens is 236 g/mol. The molecule has 104 valence electrons. The number of likely N-dealkylation sites (tertiary alicyclic amines) is 1. The number of nitrogens with zero attached hydrogens (tertiary/aromatic N) is 3. The Labute approximate surface area is 115 Å². The van der Waals surface area contributed by atoms with Gasteiger partial charge in [-0.1, -0.05) is 12.8 Å². The molecule has 3 rings (SSSR count). The zero-order valence-corrected chi connectivity index (χ0v) is 11.9. The Kier molecular flexibility index (Phi) is 3.69. The first kappa shape index (κ1) is 12.9. The average Bonchev–Trinajstić information content (AvgIpc) is 3.08. The maximum Gasteiger partial charge on any atom is 0.222 e. The molecule has 2 heterocycles. The number of aryl methyl sites for hydroxylation is 1. The van der Waals surface area contributed by atoms with Crippen molar-refractivity contribution in [1.82, 2.24) is 14.9 Å². The van der Waals surface area contributed by atoms with Crippen LogP contribution in [0.4, 0.5) is 5.95 Å². The summed E-state index contributed by atoms with van der Waals surface area (Å²) in [6.07, 6.45) is 9.95. The van der Waals surface area contributed by atoms with Crippen LogP contribution in [0, 0.1) is 6.92 Å². The normalized spacial score (nSPS) is 22.8. The smallest absolute Gasteiger partial charge is 0.222 e. The first-order valence-electron chi connectivity index (χ1n) is 7.57. The highest BCUT2D eigenvalue weighted by molar-refractivity contribution is 5.26. The minimum absolute atomic E-state index is 0.365. The van der Waals surface area contributed by atoms with Gasteiger partial charge in [-0.25, -0.2) is 9.97 Å². The SMILES string of the molecule is Cc1ccnc(NCC2(N3CCCC3)CCCC2)n1. The first-order valence-corrected chi connectivity index (χ1v) is 7.57. The van der Waals surface area contributed by atoms with Gasteiger partial charge in [-0.05, 0) is 51.8 Å². The van der Waals surface area contributed by atoms with Crippen molar-refractivity contribution in [2.75, 3.05) is 25.0 Å². The summed E-state index contributed by atoms with van der Waals surface area (Å²) >= 11 is 0. The Bertz CT molecular complexity index is 420. The van der Waals surface area contributed by atoms with Gasteiger partial charge in [0.05, 0.1) is 0 Å². The molecule has 0 bridgehead atoms. The van der Waals surface area contributed by atoms with Crippen LogP contribution >= 0.6 is 0 Å². The number of rotatable bonds is 4. The molecule has 1 N–H and O–H groups in total. The lowest BCUT2D eigenvalue weighted by Gasteiger charge is -2.39. The van der Waals surface area contributed by atoms with E-state index in [4.69, 9.17) is 0 Å². The van der Waals surface area contributed by atoms with E-state index in [1.807, 2.05) is 19.2 Å². The summed E-state index contributed by atoms with van der Waals surface area (Å²) in [5.74, 6) is 0.783. The van der Waals surface area contributed by atoms with Gasteiger partial charge < -0.3 is 5.32 Å². The van der Waals surface area contributed by atoms with Crippen molar-refractivity contribution in [2.45, 2.75) is 51.0 Å². The van der Waals surface area contributed by atoms with Crippen molar-refractivity contribution in [3.8, 4) is 0 Å². The average molecular weight is 260 g/mol. The van der Waals surface area contributed by atoms with Crippen molar-refractivity contribution in [1.29, 1.82) is 0 Å². The number of anilines is 1. The summed E-state index contributed by atoms with van der Waals surface area (Å²) in [5.41, 5.74) is 1.39. The van der Waals surface area contributed by atoms with Gasteiger partial charge in [-0.15, -0.1) is 0 Å². The van der Waals surface area contributed by atoms with Crippen LogP contribution in [0.15, 0.2) is 12.3 Å². The highest BCUT2D eigenvalue weighted by Gasteiger charge is 2.40. The maximum atomic E-state index is 4.45. The third-order valence-electron chi connectivity index (χ3n) is 4.68. The highest BCUT2D eigenvalue weighted by atomic mass is 15.2. The third-order valence-corrected chi connectivity index (χ3v) is 4.68. The van der Waals surface area contributed by atoms with Crippen molar-refractivity contribution < 1.29 is 0 Å². The second-order valence-corrected chi connectivity index (χ2v) is 6.00. The number of aromatic nitrogens is 2. The van der Waals surface area contributed by atoms with Gasteiger partial charge >= 0.3 is 0 Å². The Morgan fingerprint density at radius 2 is 1.95 bits per heavy atom. The van der Waals surface area contributed by atoms with E-state index in [1.54, 1.807) is 0 Å². The van der Waals surface area contributed by atoms with E-state index in [-0.39, 0.29) is 0 Å². The summed E-state index contributed by atoms with van der Waals surface area (Å²) in [4.78, 5) is 11.5. The molecule has 0 radical (unpaired) electrons. The van der Waals surface area contributed by atoms with Crippen LogP contribution in [0.3, 0.4) is 0 Å². The Hall–Kier alpha value is -1.16. The molecule has 0 amide bonds. The fourth-order valence-corrected chi connectivity index (χ4v) is 3.61. The Morgan fingerprint density at radius 3 is 2.63 bits per heavy atom. The molecule has 2 aliphatic rings. The zero-order chi connectivity index (χ0) is 13.1. The molecule has 0 unspecified atom stereocenters. The zero-order valence-electron chi connectivity index (χ0n) is 11.9.